The topological polar surface area (TPSA) is 37.6 Å². The van der Waals surface area contributed by atoms with Gasteiger partial charge in [-0.2, -0.15) is 0 Å². The van der Waals surface area contributed by atoms with Crippen LogP contribution >= 0.6 is 0 Å². The van der Waals surface area contributed by atoms with Crippen LogP contribution in [0.1, 0.15) is 25.2 Å². The number of aromatic nitrogens is 1. The van der Waals surface area contributed by atoms with Crippen molar-refractivity contribution in [1.29, 1.82) is 0 Å². The van der Waals surface area contributed by atoms with E-state index in [-0.39, 0.29) is 12.1 Å². The van der Waals surface area contributed by atoms with E-state index >= 15 is 0 Å². The van der Waals surface area contributed by atoms with Gasteiger partial charge in [0.2, 0.25) is 0 Å². The van der Waals surface area contributed by atoms with E-state index < -0.39 is 0 Å². The van der Waals surface area contributed by atoms with Crippen LogP contribution in [-0.4, -0.2) is 28.5 Å². The second kappa shape index (κ2) is 6.48. The van der Waals surface area contributed by atoms with Crippen molar-refractivity contribution in [1.82, 2.24) is 4.98 Å². The maximum atomic E-state index is 4.70. The second-order valence-corrected chi connectivity index (χ2v) is 5.36. The van der Waals surface area contributed by atoms with E-state index in [2.05, 4.69) is 34.3 Å². The molecule has 1 aromatic heterocycles. The summed E-state index contributed by atoms with van der Waals surface area (Å²) in [5.74, 6) is 0. The molecule has 0 N–H and O–H groups in total. The fourth-order valence-electron chi connectivity index (χ4n) is 2.43. The van der Waals surface area contributed by atoms with Gasteiger partial charge in [0.1, 0.15) is 0 Å². The van der Waals surface area contributed by atoms with Gasteiger partial charge in [-0.05, 0) is 26.0 Å². The first-order valence-corrected chi connectivity index (χ1v) is 7.49. The van der Waals surface area contributed by atoms with E-state index in [0.29, 0.717) is 0 Å². The highest BCUT2D eigenvalue weighted by Gasteiger charge is 2.08. The SMILES string of the molecule is CC(=NC1C=CC=C1)c1cccc(C(C)=NC2C=CC=C2)n1. The Morgan fingerprint density at radius 3 is 1.59 bits per heavy atom. The smallest absolute Gasteiger partial charge is 0.0871 e. The Balaban J connectivity index is 1.82. The number of rotatable bonds is 4. The number of allylic oxidation sites excluding steroid dienone is 4. The molecule has 0 aliphatic heterocycles. The van der Waals surface area contributed by atoms with Gasteiger partial charge in [0.05, 0.1) is 34.9 Å². The van der Waals surface area contributed by atoms with E-state index in [9.17, 15) is 0 Å². The predicted molar refractivity (Wildman–Crippen MR) is 92.8 cm³/mol. The second-order valence-electron chi connectivity index (χ2n) is 5.36. The fourth-order valence-corrected chi connectivity index (χ4v) is 2.43. The monoisotopic (exact) mass is 289 g/mol. The highest BCUT2D eigenvalue weighted by atomic mass is 14.9. The van der Waals surface area contributed by atoms with Gasteiger partial charge in [0.15, 0.2) is 0 Å². The summed E-state index contributed by atoms with van der Waals surface area (Å²) in [6.07, 6.45) is 16.3. The molecule has 1 heterocycles. The molecule has 2 aliphatic rings. The van der Waals surface area contributed by atoms with E-state index in [1.165, 1.54) is 0 Å². The Labute approximate surface area is 131 Å². The highest BCUT2D eigenvalue weighted by Crippen LogP contribution is 2.10. The molecule has 0 aromatic carbocycles. The van der Waals surface area contributed by atoms with Crippen LogP contribution in [0.4, 0.5) is 0 Å². The van der Waals surface area contributed by atoms with E-state index in [4.69, 9.17) is 4.98 Å². The number of hydrogen-bond acceptors (Lipinski definition) is 3. The average molecular weight is 289 g/mol. The molecular weight excluding hydrogens is 270 g/mol. The maximum absolute atomic E-state index is 4.70. The van der Waals surface area contributed by atoms with Crippen LogP contribution in [0.25, 0.3) is 0 Å². The van der Waals surface area contributed by atoms with E-state index in [1.54, 1.807) is 0 Å². The van der Waals surface area contributed by atoms with Gasteiger partial charge in [-0.15, -0.1) is 0 Å². The molecular formula is C19H19N3. The minimum atomic E-state index is 0.133. The first-order valence-electron chi connectivity index (χ1n) is 7.49. The molecule has 0 saturated carbocycles. The Kier molecular flexibility index (Phi) is 4.24. The minimum Gasteiger partial charge on any atom is -0.276 e. The molecule has 0 bridgehead atoms. The molecule has 0 radical (unpaired) electrons. The molecule has 0 atom stereocenters. The van der Waals surface area contributed by atoms with Crippen LogP contribution in [0, 0.1) is 0 Å². The summed E-state index contributed by atoms with van der Waals surface area (Å²) in [4.78, 5) is 14.0. The van der Waals surface area contributed by atoms with Crippen LogP contribution in [0.5, 0.6) is 0 Å². The lowest BCUT2D eigenvalue weighted by Gasteiger charge is -2.07. The zero-order valence-electron chi connectivity index (χ0n) is 12.8. The molecule has 110 valence electrons. The molecule has 3 rings (SSSR count). The molecule has 0 fully saturated rings. The average Bonchev–Trinajstić information content (AvgIpc) is 3.21. The highest BCUT2D eigenvalue weighted by molar-refractivity contribution is 6.01. The molecule has 3 heteroatoms. The Morgan fingerprint density at radius 2 is 1.18 bits per heavy atom. The van der Waals surface area contributed by atoms with Crippen LogP contribution < -0.4 is 0 Å². The minimum absolute atomic E-state index is 0.133. The van der Waals surface area contributed by atoms with Crippen LogP contribution in [0.2, 0.25) is 0 Å². The summed E-state index contributed by atoms with van der Waals surface area (Å²) < 4.78 is 0. The Morgan fingerprint density at radius 1 is 0.773 bits per heavy atom. The van der Waals surface area contributed by atoms with Gasteiger partial charge in [-0.3, -0.25) is 9.98 Å². The summed E-state index contributed by atoms with van der Waals surface area (Å²) in [6.45, 7) is 4.00. The summed E-state index contributed by atoms with van der Waals surface area (Å²) in [5, 5.41) is 0. The van der Waals surface area contributed by atoms with Crippen molar-refractivity contribution in [2.75, 3.05) is 0 Å². The first-order chi connectivity index (χ1) is 10.7. The third-order valence-corrected chi connectivity index (χ3v) is 3.63. The van der Waals surface area contributed by atoms with Crippen molar-refractivity contribution in [3.8, 4) is 0 Å². The molecule has 0 spiro atoms. The summed E-state index contributed by atoms with van der Waals surface area (Å²) in [6, 6.07) is 6.26. The molecule has 0 saturated heterocycles. The summed E-state index contributed by atoms with van der Waals surface area (Å²) in [7, 11) is 0. The lowest BCUT2D eigenvalue weighted by Crippen LogP contribution is -2.09. The molecule has 3 nitrogen and oxygen atoms in total. The number of aliphatic imine (C=N–C) groups is 2. The zero-order valence-corrected chi connectivity index (χ0v) is 12.8. The zero-order chi connectivity index (χ0) is 15.4. The lowest BCUT2D eigenvalue weighted by molar-refractivity contribution is 1.03. The quantitative estimate of drug-likeness (QED) is 0.779. The van der Waals surface area contributed by atoms with E-state index in [0.717, 1.165) is 22.8 Å². The van der Waals surface area contributed by atoms with Gasteiger partial charge in [0, 0.05) is 0 Å². The normalized spacial score (nSPS) is 18.8. The predicted octanol–water partition coefficient (Wildman–Crippen LogP) is 3.69. The number of nitrogens with zero attached hydrogens (tertiary/aromatic N) is 3. The van der Waals surface area contributed by atoms with Crippen molar-refractivity contribution >= 4 is 11.4 Å². The fraction of sp³-hybridized carbons (Fsp3) is 0.211. The number of hydrogen-bond donors (Lipinski definition) is 0. The third-order valence-electron chi connectivity index (χ3n) is 3.63. The van der Waals surface area contributed by atoms with Crippen molar-refractivity contribution in [3.05, 3.63) is 78.2 Å². The largest absolute Gasteiger partial charge is 0.276 e. The molecule has 22 heavy (non-hydrogen) atoms. The first kappa shape index (κ1) is 14.4. The van der Waals surface area contributed by atoms with Gasteiger partial charge < -0.3 is 0 Å². The van der Waals surface area contributed by atoms with Crippen molar-refractivity contribution in [3.63, 3.8) is 0 Å². The van der Waals surface area contributed by atoms with Crippen LogP contribution in [0.15, 0.2) is 76.8 Å². The molecule has 2 aliphatic carbocycles. The summed E-state index contributed by atoms with van der Waals surface area (Å²) >= 11 is 0. The van der Waals surface area contributed by atoms with Gasteiger partial charge in [-0.1, -0.05) is 54.7 Å². The van der Waals surface area contributed by atoms with Crippen LogP contribution in [0.3, 0.4) is 0 Å². The van der Waals surface area contributed by atoms with Crippen molar-refractivity contribution < 1.29 is 0 Å². The Hall–Kier alpha value is -2.55. The van der Waals surface area contributed by atoms with Crippen LogP contribution in [-0.2, 0) is 0 Å². The van der Waals surface area contributed by atoms with Gasteiger partial charge >= 0.3 is 0 Å². The molecule has 1 aromatic rings. The van der Waals surface area contributed by atoms with E-state index in [1.807, 2.05) is 56.4 Å². The summed E-state index contributed by atoms with van der Waals surface area (Å²) in [5.41, 5.74) is 3.68. The molecule has 0 unspecified atom stereocenters. The molecule has 0 amide bonds. The lowest BCUT2D eigenvalue weighted by atomic mass is 10.2. The third kappa shape index (κ3) is 3.37. The maximum Gasteiger partial charge on any atom is 0.0871 e. The van der Waals surface area contributed by atoms with Crippen molar-refractivity contribution in [2.24, 2.45) is 9.98 Å². The number of pyridine rings is 1. The van der Waals surface area contributed by atoms with Gasteiger partial charge in [-0.25, -0.2) is 4.98 Å². The standard InChI is InChI=1S/C19H19N3/c1-14(20-16-8-3-4-9-16)18-12-7-13-19(22-18)15(2)21-17-10-5-6-11-17/h3-13,16-17H,1-2H3. The van der Waals surface area contributed by atoms with Crippen molar-refractivity contribution in [2.45, 2.75) is 25.9 Å². The van der Waals surface area contributed by atoms with Gasteiger partial charge in [0.25, 0.3) is 0 Å². The Bertz CT molecular complexity index is 650.